The maximum absolute atomic E-state index is 12.5. The van der Waals surface area contributed by atoms with Gasteiger partial charge in [0, 0.05) is 10.8 Å². The molecule has 0 bridgehead atoms. The van der Waals surface area contributed by atoms with Gasteiger partial charge in [0.25, 0.3) is 11.5 Å². The van der Waals surface area contributed by atoms with Crippen LogP contribution in [0.2, 0.25) is 0 Å². The lowest BCUT2D eigenvalue weighted by molar-refractivity contribution is -0.129. The molecule has 1 unspecified atom stereocenters. The molecule has 0 radical (unpaired) electrons. The number of aromatic nitrogens is 2. The van der Waals surface area contributed by atoms with Crippen molar-refractivity contribution in [3.63, 3.8) is 0 Å². The van der Waals surface area contributed by atoms with Crippen LogP contribution in [0.25, 0.3) is 10.2 Å². The molecule has 2 aliphatic rings. The molecule has 4 rings (SSSR count). The Morgan fingerprint density at radius 1 is 1.30 bits per heavy atom. The smallest absolute Gasteiger partial charge is 0.259 e. The van der Waals surface area contributed by atoms with Crippen molar-refractivity contribution in [3.8, 4) is 0 Å². The van der Waals surface area contributed by atoms with E-state index in [0.717, 1.165) is 42.3 Å². The van der Waals surface area contributed by atoms with Crippen LogP contribution in [-0.4, -0.2) is 27.0 Å². The van der Waals surface area contributed by atoms with Gasteiger partial charge in [-0.25, -0.2) is 4.98 Å². The Labute approximate surface area is 164 Å². The monoisotopic (exact) mass is 406 g/mol. The summed E-state index contributed by atoms with van der Waals surface area (Å²) in [6.45, 7) is 1.77. The summed E-state index contributed by atoms with van der Waals surface area (Å²) in [4.78, 5) is 45.8. The number of hydrazine groups is 1. The number of carbonyl (C=O) groups excluding carboxylic acids is 2. The van der Waals surface area contributed by atoms with E-state index in [2.05, 4.69) is 20.8 Å². The van der Waals surface area contributed by atoms with Crippen LogP contribution in [0.4, 0.5) is 0 Å². The van der Waals surface area contributed by atoms with Gasteiger partial charge in [0.1, 0.15) is 10.7 Å². The standard InChI is InChI=1S/C18H22N4O3S2/c1-9(15(23)21-22-16(24)10-6-7-10)26-8-13-19-17(25)14-11-4-2-3-5-12(11)27-18(14)20-13/h9-10H,2-8H2,1H3,(H,21,23)(H,22,24)(H,19,20,25). The molecule has 2 amide bonds. The average Bonchev–Trinajstić information content (AvgIpc) is 3.44. The van der Waals surface area contributed by atoms with Crippen molar-refractivity contribution in [2.75, 3.05) is 0 Å². The third-order valence-corrected chi connectivity index (χ3v) is 7.31. The maximum atomic E-state index is 12.5. The second-order valence-corrected chi connectivity index (χ2v) is 9.52. The summed E-state index contributed by atoms with van der Waals surface area (Å²) in [6.07, 6.45) is 6.06. The fraction of sp³-hybridized carbons (Fsp3) is 0.556. The van der Waals surface area contributed by atoms with E-state index in [1.54, 1.807) is 18.3 Å². The highest BCUT2D eigenvalue weighted by Gasteiger charge is 2.30. The van der Waals surface area contributed by atoms with Gasteiger partial charge in [0.05, 0.1) is 16.4 Å². The molecule has 144 valence electrons. The van der Waals surface area contributed by atoms with Crippen molar-refractivity contribution in [3.05, 3.63) is 26.6 Å². The van der Waals surface area contributed by atoms with Crippen LogP contribution in [0, 0.1) is 5.92 Å². The van der Waals surface area contributed by atoms with Crippen molar-refractivity contribution in [2.24, 2.45) is 5.92 Å². The zero-order valence-corrected chi connectivity index (χ0v) is 16.7. The third kappa shape index (κ3) is 4.03. The number of hydrogen-bond acceptors (Lipinski definition) is 6. The Kier molecular flexibility index (Phi) is 5.23. The fourth-order valence-corrected chi connectivity index (χ4v) is 5.26. The molecular formula is C18H22N4O3S2. The van der Waals surface area contributed by atoms with Crippen molar-refractivity contribution in [1.29, 1.82) is 0 Å². The molecule has 2 heterocycles. The average molecular weight is 407 g/mol. The molecule has 3 N–H and O–H groups in total. The van der Waals surface area contributed by atoms with Gasteiger partial charge in [-0.3, -0.25) is 25.2 Å². The number of thiophene rings is 1. The van der Waals surface area contributed by atoms with Crippen molar-refractivity contribution in [1.82, 2.24) is 20.8 Å². The molecule has 1 saturated carbocycles. The summed E-state index contributed by atoms with van der Waals surface area (Å²) in [5.41, 5.74) is 6.02. The molecule has 1 fully saturated rings. The molecule has 9 heteroatoms. The quantitative estimate of drug-likeness (QED) is 0.659. The highest BCUT2D eigenvalue weighted by molar-refractivity contribution is 7.99. The largest absolute Gasteiger partial charge is 0.309 e. The van der Waals surface area contributed by atoms with E-state index in [9.17, 15) is 14.4 Å². The SMILES string of the molecule is CC(SCc1nc2sc3c(c2c(=O)[nH]1)CCCC3)C(=O)NNC(=O)C1CC1. The minimum absolute atomic E-state index is 0.0471. The number of hydrogen-bond donors (Lipinski definition) is 3. The van der Waals surface area contributed by atoms with Gasteiger partial charge in [0.15, 0.2) is 0 Å². The first-order valence-corrected chi connectivity index (χ1v) is 11.1. The number of carbonyl (C=O) groups is 2. The second-order valence-electron chi connectivity index (χ2n) is 7.11. The van der Waals surface area contributed by atoms with Gasteiger partial charge in [-0.2, -0.15) is 0 Å². The highest BCUT2D eigenvalue weighted by Crippen LogP contribution is 2.33. The third-order valence-electron chi connectivity index (χ3n) is 4.97. The number of amides is 2. The lowest BCUT2D eigenvalue weighted by Gasteiger charge is -2.12. The van der Waals surface area contributed by atoms with Gasteiger partial charge in [0.2, 0.25) is 5.91 Å². The molecule has 0 saturated heterocycles. The fourth-order valence-electron chi connectivity index (χ4n) is 3.23. The van der Waals surface area contributed by atoms with Crippen molar-refractivity contribution >= 4 is 45.1 Å². The summed E-state index contributed by atoms with van der Waals surface area (Å²) in [6, 6.07) is 0. The Morgan fingerprint density at radius 3 is 2.85 bits per heavy atom. The van der Waals surface area contributed by atoms with Crippen LogP contribution in [0.1, 0.15) is 48.9 Å². The van der Waals surface area contributed by atoms with E-state index in [1.165, 1.54) is 28.6 Å². The Hall–Kier alpha value is -1.87. The molecule has 27 heavy (non-hydrogen) atoms. The van der Waals surface area contributed by atoms with Gasteiger partial charge in [-0.1, -0.05) is 0 Å². The Bertz CT molecular complexity index is 948. The predicted molar refractivity (Wildman–Crippen MR) is 107 cm³/mol. The van der Waals surface area contributed by atoms with E-state index < -0.39 is 0 Å². The van der Waals surface area contributed by atoms with E-state index in [-0.39, 0.29) is 28.5 Å². The van der Waals surface area contributed by atoms with Crippen LogP contribution in [-0.2, 0) is 28.2 Å². The summed E-state index contributed by atoms with van der Waals surface area (Å²) >= 11 is 3.00. The van der Waals surface area contributed by atoms with Crippen LogP contribution >= 0.6 is 23.1 Å². The van der Waals surface area contributed by atoms with E-state index in [0.29, 0.717) is 11.6 Å². The van der Waals surface area contributed by atoms with Gasteiger partial charge in [-0.05, 0) is 51.0 Å². The van der Waals surface area contributed by atoms with Crippen LogP contribution < -0.4 is 16.4 Å². The number of thioether (sulfide) groups is 1. The Morgan fingerprint density at radius 2 is 2.07 bits per heavy atom. The number of nitrogens with one attached hydrogen (secondary N) is 3. The normalized spacial score (nSPS) is 17.4. The first-order chi connectivity index (χ1) is 13.0. The van der Waals surface area contributed by atoms with E-state index >= 15 is 0 Å². The minimum Gasteiger partial charge on any atom is -0.309 e. The number of H-pyrrole nitrogens is 1. The lowest BCUT2D eigenvalue weighted by Crippen LogP contribution is -2.45. The van der Waals surface area contributed by atoms with Crippen LogP contribution in [0.15, 0.2) is 4.79 Å². The topological polar surface area (TPSA) is 104 Å². The molecule has 2 aliphatic carbocycles. The molecule has 2 aromatic heterocycles. The molecule has 0 aromatic carbocycles. The van der Waals surface area contributed by atoms with Crippen molar-refractivity contribution < 1.29 is 9.59 Å². The van der Waals surface area contributed by atoms with Crippen LogP contribution in [0.5, 0.6) is 0 Å². The number of aryl methyl sites for hydroxylation is 2. The molecule has 2 aromatic rings. The van der Waals surface area contributed by atoms with Gasteiger partial charge >= 0.3 is 0 Å². The van der Waals surface area contributed by atoms with Gasteiger partial charge in [-0.15, -0.1) is 23.1 Å². The maximum Gasteiger partial charge on any atom is 0.259 e. The molecule has 7 nitrogen and oxygen atoms in total. The second kappa shape index (κ2) is 7.63. The molecule has 0 aliphatic heterocycles. The van der Waals surface area contributed by atoms with Crippen LogP contribution in [0.3, 0.4) is 0 Å². The highest BCUT2D eigenvalue weighted by atomic mass is 32.2. The number of rotatable bonds is 5. The zero-order chi connectivity index (χ0) is 19.0. The number of nitrogens with zero attached hydrogens (tertiary/aromatic N) is 1. The molecule has 0 spiro atoms. The summed E-state index contributed by atoms with van der Waals surface area (Å²) < 4.78 is 0. The van der Waals surface area contributed by atoms with Crippen molar-refractivity contribution in [2.45, 2.75) is 56.5 Å². The van der Waals surface area contributed by atoms with Gasteiger partial charge < -0.3 is 4.98 Å². The number of aromatic amines is 1. The number of fused-ring (bicyclic) bond motifs is 3. The predicted octanol–water partition coefficient (Wildman–Crippen LogP) is 2.04. The van der Waals surface area contributed by atoms with E-state index in [4.69, 9.17) is 0 Å². The summed E-state index contributed by atoms with van der Waals surface area (Å²) in [7, 11) is 0. The molecule has 1 atom stereocenters. The minimum atomic E-state index is -0.373. The lowest BCUT2D eigenvalue weighted by atomic mass is 9.97. The first kappa shape index (κ1) is 18.5. The van der Waals surface area contributed by atoms with E-state index in [1.807, 2.05) is 0 Å². The zero-order valence-electron chi connectivity index (χ0n) is 15.1. The Balaban J connectivity index is 1.38. The molecular weight excluding hydrogens is 384 g/mol. The summed E-state index contributed by atoms with van der Waals surface area (Å²) in [5, 5.41) is 0.374. The first-order valence-electron chi connectivity index (χ1n) is 9.27. The summed E-state index contributed by atoms with van der Waals surface area (Å²) in [5.74, 6) is 0.671.